The fourth-order valence-electron chi connectivity index (χ4n) is 1.33. The van der Waals surface area contributed by atoms with Crippen LogP contribution >= 0.6 is 11.6 Å². The molecule has 1 aromatic heterocycles. The summed E-state index contributed by atoms with van der Waals surface area (Å²) in [5.74, 6) is 0.390. The fraction of sp³-hybridized carbons (Fsp3) is 0. The molecule has 2 aromatic rings. The van der Waals surface area contributed by atoms with E-state index >= 15 is 0 Å². The highest BCUT2D eigenvalue weighted by Crippen LogP contribution is 2.25. The number of nitriles is 1. The van der Waals surface area contributed by atoms with Crippen molar-refractivity contribution in [1.82, 2.24) is 4.98 Å². The molecule has 1 heterocycles. The van der Waals surface area contributed by atoms with Crippen LogP contribution in [0.25, 0.3) is 10.8 Å². The van der Waals surface area contributed by atoms with E-state index in [1.807, 2.05) is 0 Å². The van der Waals surface area contributed by atoms with E-state index in [-0.39, 0.29) is 0 Å². The SMILES string of the molecule is N#Cc1cnc(N)c2cc(Cl)ccc12. The van der Waals surface area contributed by atoms with E-state index in [4.69, 9.17) is 22.6 Å². The fourth-order valence-corrected chi connectivity index (χ4v) is 1.50. The molecule has 14 heavy (non-hydrogen) atoms. The lowest BCUT2D eigenvalue weighted by molar-refractivity contribution is 1.34. The Morgan fingerprint density at radius 3 is 2.86 bits per heavy atom. The molecule has 3 nitrogen and oxygen atoms in total. The van der Waals surface area contributed by atoms with Crippen molar-refractivity contribution in [3.05, 3.63) is 35.0 Å². The summed E-state index contributed by atoms with van der Waals surface area (Å²) < 4.78 is 0. The highest BCUT2D eigenvalue weighted by atomic mass is 35.5. The van der Waals surface area contributed by atoms with Gasteiger partial charge in [0.1, 0.15) is 11.9 Å². The summed E-state index contributed by atoms with van der Waals surface area (Å²) in [5, 5.41) is 10.9. The lowest BCUT2D eigenvalue weighted by Crippen LogP contribution is -1.93. The van der Waals surface area contributed by atoms with Crippen LogP contribution in [0.4, 0.5) is 5.82 Å². The van der Waals surface area contributed by atoms with Crippen molar-refractivity contribution < 1.29 is 0 Å². The van der Waals surface area contributed by atoms with Gasteiger partial charge < -0.3 is 5.73 Å². The van der Waals surface area contributed by atoms with Gasteiger partial charge in [0.25, 0.3) is 0 Å². The minimum atomic E-state index is 0.390. The lowest BCUT2D eigenvalue weighted by Gasteiger charge is -2.02. The molecule has 0 aliphatic rings. The molecular weight excluding hydrogens is 198 g/mol. The number of nitrogens with zero attached hydrogens (tertiary/aromatic N) is 2. The third-order valence-electron chi connectivity index (χ3n) is 2.00. The molecule has 0 radical (unpaired) electrons. The Bertz CT molecular complexity index is 543. The smallest absolute Gasteiger partial charge is 0.131 e. The van der Waals surface area contributed by atoms with Crippen LogP contribution in [0.3, 0.4) is 0 Å². The van der Waals surface area contributed by atoms with E-state index < -0.39 is 0 Å². The number of fused-ring (bicyclic) bond motifs is 1. The van der Waals surface area contributed by atoms with Crippen LogP contribution in [0.15, 0.2) is 24.4 Å². The largest absolute Gasteiger partial charge is 0.383 e. The molecule has 0 saturated heterocycles. The van der Waals surface area contributed by atoms with Gasteiger partial charge in [-0.25, -0.2) is 4.98 Å². The second-order valence-electron chi connectivity index (χ2n) is 2.86. The van der Waals surface area contributed by atoms with E-state index in [1.54, 1.807) is 18.2 Å². The second-order valence-corrected chi connectivity index (χ2v) is 3.30. The summed E-state index contributed by atoms with van der Waals surface area (Å²) in [6.07, 6.45) is 1.46. The highest BCUT2D eigenvalue weighted by Gasteiger charge is 2.04. The van der Waals surface area contributed by atoms with Gasteiger partial charge in [-0.3, -0.25) is 0 Å². The number of benzene rings is 1. The Hall–Kier alpha value is -1.79. The van der Waals surface area contributed by atoms with E-state index in [0.29, 0.717) is 16.4 Å². The van der Waals surface area contributed by atoms with Gasteiger partial charge in [-0.15, -0.1) is 0 Å². The molecule has 0 aliphatic heterocycles. The Morgan fingerprint density at radius 1 is 1.36 bits per heavy atom. The maximum Gasteiger partial charge on any atom is 0.131 e. The van der Waals surface area contributed by atoms with Gasteiger partial charge in [0.15, 0.2) is 0 Å². The standard InChI is InChI=1S/C10H6ClN3/c11-7-1-2-8-6(4-12)5-14-10(13)9(8)3-7/h1-3,5H,(H2,13,14). The predicted octanol–water partition coefficient (Wildman–Crippen LogP) is 2.34. The summed E-state index contributed by atoms with van der Waals surface area (Å²) in [6, 6.07) is 7.26. The van der Waals surface area contributed by atoms with Crippen LogP contribution in [-0.2, 0) is 0 Å². The molecule has 0 saturated carbocycles. The summed E-state index contributed by atoms with van der Waals surface area (Å²) in [7, 11) is 0. The van der Waals surface area contributed by atoms with Crippen molar-refractivity contribution in [2.24, 2.45) is 0 Å². The van der Waals surface area contributed by atoms with Crippen molar-refractivity contribution >= 4 is 28.2 Å². The number of hydrogen-bond acceptors (Lipinski definition) is 3. The van der Waals surface area contributed by atoms with Gasteiger partial charge in [-0.05, 0) is 12.1 Å². The molecule has 0 spiro atoms. The number of anilines is 1. The molecule has 1 aromatic carbocycles. The van der Waals surface area contributed by atoms with Crippen molar-refractivity contribution in [3.8, 4) is 6.07 Å². The molecule has 0 bridgehead atoms. The summed E-state index contributed by atoms with van der Waals surface area (Å²) in [5.41, 5.74) is 6.17. The normalized spacial score (nSPS) is 10.0. The first-order valence-electron chi connectivity index (χ1n) is 3.96. The zero-order valence-corrected chi connectivity index (χ0v) is 7.92. The minimum Gasteiger partial charge on any atom is -0.383 e. The molecular formula is C10H6ClN3. The Morgan fingerprint density at radius 2 is 2.14 bits per heavy atom. The number of rotatable bonds is 0. The third-order valence-corrected chi connectivity index (χ3v) is 2.24. The monoisotopic (exact) mass is 203 g/mol. The van der Waals surface area contributed by atoms with Crippen LogP contribution in [-0.4, -0.2) is 4.98 Å². The van der Waals surface area contributed by atoms with Crippen LogP contribution < -0.4 is 5.73 Å². The first-order valence-corrected chi connectivity index (χ1v) is 4.34. The Kier molecular flexibility index (Phi) is 1.99. The van der Waals surface area contributed by atoms with Crippen molar-refractivity contribution in [2.45, 2.75) is 0 Å². The molecule has 0 amide bonds. The first kappa shape index (κ1) is 8.79. The molecule has 0 aliphatic carbocycles. The van der Waals surface area contributed by atoms with Gasteiger partial charge in [-0.1, -0.05) is 17.7 Å². The Labute approximate surface area is 85.7 Å². The van der Waals surface area contributed by atoms with Gasteiger partial charge >= 0.3 is 0 Å². The van der Waals surface area contributed by atoms with Gasteiger partial charge in [0, 0.05) is 22.0 Å². The van der Waals surface area contributed by atoms with Crippen LogP contribution in [0, 0.1) is 11.3 Å². The van der Waals surface area contributed by atoms with Gasteiger partial charge in [-0.2, -0.15) is 5.26 Å². The molecule has 0 unspecified atom stereocenters. The highest BCUT2D eigenvalue weighted by molar-refractivity contribution is 6.31. The van der Waals surface area contributed by atoms with Crippen LogP contribution in [0.2, 0.25) is 5.02 Å². The number of hydrogen-bond donors (Lipinski definition) is 1. The lowest BCUT2D eigenvalue weighted by atomic mass is 10.1. The average Bonchev–Trinajstić information content (AvgIpc) is 2.19. The third kappa shape index (κ3) is 1.26. The summed E-state index contributed by atoms with van der Waals surface area (Å²) in [6.45, 7) is 0. The molecule has 68 valence electrons. The zero-order chi connectivity index (χ0) is 10.1. The van der Waals surface area contributed by atoms with Crippen molar-refractivity contribution in [1.29, 1.82) is 5.26 Å². The first-order chi connectivity index (χ1) is 6.72. The predicted molar refractivity (Wildman–Crippen MR) is 55.9 cm³/mol. The van der Waals surface area contributed by atoms with E-state index in [1.165, 1.54) is 6.20 Å². The number of nitrogen functional groups attached to an aromatic ring is 1. The van der Waals surface area contributed by atoms with Crippen LogP contribution in [0.5, 0.6) is 0 Å². The second kappa shape index (κ2) is 3.17. The van der Waals surface area contributed by atoms with Gasteiger partial charge in [0.2, 0.25) is 0 Å². The maximum atomic E-state index is 8.83. The average molecular weight is 204 g/mol. The summed E-state index contributed by atoms with van der Waals surface area (Å²) in [4.78, 5) is 3.92. The van der Waals surface area contributed by atoms with Crippen molar-refractivity contribution in [3.63, 3.8) is 0 Å². The van der Waals surface area contributed by atoms with Crippen molar-refractivity contribution in [2.75, 3.05) is 5.73 Å². The zero-order valence-electron chi connectivity index (χ0n) is 7.16. The maximum absolute atomic E-state index is 8.83. The molecule has 2 rings (SSSR count). The van der Waals surface area contributed by atoms with E-state index in [0.717, 1.165) is 10.8 Å². The topological polar surface area (TPSA) is 62.7 Å². The van der Waals surface area contributed by atoms with Crippen LogP contribution in [0.1, 0.15) is 5.56 Å². The molecule has 4 heteroatoms. The number of nitrogens with two attached hydrogens (primary N) is 1. The van der Waals surface area contributed by atoms with E-state index in [9.17, 15) is 0 Å². The number of pyridine rings is 1. The molecule has 2 N–H and O–H groups in total. The minimum absolute atomic E-state index is 0.390. The molecule has 0 fully saturated rings. The Balaban J connectivity index is 2.93. The molecule has 0 atom stereocenters. The quantitative estimate of drug-likeness (QED) is 0.715. The van der Waals surface area contributed by atoms with Gasteiger partial charge in [0.05, 0.1) is 5.56 Å². The number of halogens is 1. The van der Waals surface area contributed by atoms with E-state index in [2.05, 4.69) is 11.1 Å². The summed E-state index contributed by atoms with van der Waals surface area (Å²) >= 11 is 5.82. The number of aromatic nitrogens is 1.